The molecule has 0 bridgehead atoms. The third-order valence-corrected chi connectivity index (χ3v) is 9.16. The summed E-state index contributed by atoms with van der Waals surface area (Å²) >= 11 is 0. The van der Waals surface area contributed by atoms with Gasteiger partial charge in [-0.2, -0.15) is 9.97 Å². The zero-order valence-corrected chi connectivity index (χ0v) is 28.6. The van der Waals surface area contributed by atoms with Gasteiger partial charge in [-0.1, -0.05) is 61.2 Å². The Balaban J connectivity index is 1.47. The van der Waals surface area contributed by atoms with Gasteiger partial charge in [0.05, 0.1) is 25.1 Å². The molecule has 2 aromatic heterocycles. The van der Waals surface area contributed by atoms with Crippen molar-refractivity contribution in [2.45, 2.75) is 70.0 Å². The normalized spacial score (nSPS) is 24.0. The third-order valence-electron chi connectivity index (χ3n) is 9.16. The van der Waals surface area contributed by atoms with Crippen LogP contribution in [-0.4, -0.2) is 85.3 Å². The summed E-state index contributed by atoms with van der Waals surface area (Å²) in [4.78, 5) is 52.0. The van der Waals surface area contributed by atoms with Crippen LogP contribution < -0.4 is 10.1 Å². The molecule has 3 heterocycles. The summed E-state index contributed by atoms with van der Waals surface area (Å²) in [5, 5.41) is 27.0. The predicted molar refractivity (Wildman–Crippen MR) is 186 cm³/mol. The molecule has 0 spiro atoms. The minimum absolute atomic E-state index is 0.0171. The van der Waals surface area contributed by atoms with Crippen molar-refractivity contribution in [3.05, 3.63) is 78.6 Å². The molecule has 0 unspecified atom stereocenters. The third kappa shape index (κ3) is 6.38. The fourth-order valence-electron chi connectivity index (χ4n) is 7.13. The first-order valence-electron chi connectivity index (χ1n) is 16.7. The van der Waals surface area contributed by atoms with Crippen LogP contribution in [0.3, 0.4) is 0 Å². The van der Waals surface area contributed by atoms with Crippen molar-refractivity contribution in [3.63, 3.8) is 0 Å². The fourth-order valence-corrected chi connectivity index (χ4v) is 7.13. The molecule has 3 aromatic carbocycles. The quantitative estimate of drug-likeness (QED) is 0.0815. The first kappa shape index (κ1) is 34.8. The Bertz CT molecular complexity index is 2200. The van der Waals surface area contributed by atoms with Crippen molar-refractivity contribution in [1.29, 1.82) is 0 Å². The maximum absolute atomic E-state index is 12.8. The van der Waals surface area contributed by atoms with E-state index in [1.165, 1.54) is 27.1 Å². The van der Waals surface area contributed by atoms with Crippen LogP contribution in [0, 0.1) is 0 Å². The number of aliphatic hydroxyl groups excluding tert-OH is 2. The number of nitrogens with one attached hydrogen (secondary N) is 1. The van der Waals surface area contributed by atoms with Crippen molar-refractivity contribution >= 4 is 56.6 Å². The van der Waals surface area contributed by atoms with Crippen molar-refractivity contribution in [2.24, 2.45) is 0 Å². The number of nitrogens with zero attached hydrogens (tertiary/aromatic N) is 4. The van der Waals surface area contributed by atoms with Gasteiger partial charge in [0.2, 0.25) is 11.8 Å². The van der Waals surface area contributed by atoms with Crippen LogP contribution in [0.25, 0.3) is 32.7 Å². The van der Waals surface area contributed by atoms with Crippen LogP contribution in [0.4, 0.5) is 5.95 Å². The van der Waals surface area contributed by atoms with Gasteiger partial charge in [-0.15, -0.1) is 0 Å². The minimum atomic E-state index is -1.28. The van der Waals surface area contributed by atoms with Gasteiger partial charge < -0.3 is 39.2 Å². The summed E-state index contributed by atoms with van der Waals surface area (Å²) in [5.74, 6) is -1.88. The molecule has 15 nitrogen and oxygen atoms in total. The molecule has 1 saturated heterocycles. The largest absolute Gasteiger partial charge is 0.472 e. The molecule has 1 fully saturated rings. The number of esters is 3. The Labute approximate surface area is 297 Å². The highest BCUT2D eigenvalue weighted by atomic mass is 16.6. The summed E-state index contributed by atoms with van der Waals surface area (Å²) in [6.07, 6.45) is -2.93. The molecule has 0 amide bonds. The fraction of sp³-hybridized carbons (Fsp3) is 0.351. The zero-order chi connectivity index (χ0) is 36.7. The van der Waals surface area contributed by atoms with E-state index >= 15 is 0 Å². The molecule has 5 aromatic rings. The molecule has 1 aliphatic heterocycles. The Morgan fingerprint density at radius 3 is 2.40 bits per heavy atom. The van der Waals surface area contributed by atoms with E-state index in [4.69, 9.17) is 28.7 Å². The van der Waals surface area contributed by atoms with Gasteiger partial charge in [0.15, 0.2) is 29.5 Å². The summed E-state index contributed by atoms with van der Waals surface area (Å²) in [5.41, 5.74) is 1.70. The van der Waals surface area contributed by atoms with Gasteiger partial charge in [-0.25, -0.2) is 4.98 Å². The summed E-state index contributed by atoms with van der Waals surface area (Å²) in [6.45, 7) is 7.14. The van der Waals surface area contributed by atoms with Gasteiger partial charge in [0, 0.05) is 32.8 Å². The van der Waals surface area contributed by atoms with E-state index in [1.807, 2.05) is 42.5 Å². The maximum atomic E-state index is 12.8. The summed E-state index contributed by atoms with van der Waals surface area (Å²) in [7, 11) is 0. The molecular weight excluding hydrogens is 674 g/mol. The Morgan fingerprint density at radius 2 is 1.69 bits per heavy atom. The number of rotatable bonds is 10. The Hall–Kier alpha value is -5.64. The van der Waals surface area contributed by atoms with Gasteiger partial charge in [0.25, 0.3) is 0 Å². The second-order valence-corrected chi connectivity index (χ2v) is 12.6. The number of fused-ring (bicyclic) bond motifs is 6. The van der Waals surface area contributed by atoms with E-state index in [-0.39, 0.29) is 37.1 Å². The average molecular weight is 712 g/mol. The second-order valence-electron chi connectivity index (χ2n) is 12.6. The number of hydrogen-bond donors (Lipinski definition) is 3. The highest BCUT2D eigenvalue weighted by molar-refractivity contribution is 6.10. The predicted octanol–water partition coefficient (Wildman–Crippen LogP) is 3.97. The standard InChI is InChI=1S/C37H37N5O10/c1-5-14-48-36-31-35(42(17-38-31)27-15-25(47)26(16-43)52-27)40-37(41-36)39-30-29-24(13-12-22-11-10-21-8-6-7-9-23(21)28(22)29)32(49-18(2)44)34(51-20(4)46)33(30)50-19(3)45/h5-13,17,25-27,30,32-34,43,47H,1,14-16H2,2-4H3,(H,39,40,41)/t25-,26+,27+,30-,32-,33+,34+/m0/s1. The number of ether oxygens (including phenoxy) is 5. The average Bonchev–Trinajstić information content (AvgIpc) is 3.71. The summed E-state index contributed by atoms with van der Waals surface area (Å²) in [6, 6.07) is 14.4. The number of aromatic nitrogens is 4. The van der Waals surface area contributed by atoms with Gasteiger partial charge >= 0.3 is 17.9 Å². The van der Waals surface area contributed by atoms with Crippen LogP contribution in [0.2, 0.25) is 0 Å². The van der Waals surface area contributed by atoms with E-state index in [9.17, 15) is 24.6 Å². The van der Waals surface area contributed by atoms with E-state index in [1.54, 1.807) is 16.7 Å². The minimum Gasteiger partial charge on any atom is -0.472 e. The van der Waals surface area contributed by atoms with Crippen LogP contribution >= 0.6 is 0 Å². The monoisotopic (exact) mass is 711 g/mol. The number of carbonyl (C=O) groups is 3. The van der Waals surface area contributed by atoms with E-state index in [2.05, 4.69) is 21.9 Å². The van der Waals surface area contributed by atoms with Crippen molar-refractivity contribution in [2.75, 3.05) is 18.5 Å². The lowest BCUT2D eigenvalue weighted by Crippen LogP contribution is -2.50. The second kappa shape index (κ2) is 14.2. The summed E-state index contributed by atoms with van der Waals surface area (Å²) < 4.78 is 31.1. The van der Waals surface area contributed by atoms with Crippen molar-refractivity contribution in [3.8, 4) is 5.88 Å². The first-order valence-corrected chi connectivity index (χ1v) is 16.7. The Morgan fingerprint density at radius 1 is 0.981 bits per heavy atom. The molecule has 7 atom stereocenters. The molecule has 7 rings (SSSR count). The number of benzene rings is 3. The van der Waals surface area contributed by atoms with Crippen molar-refractivity contribution in [1.82, 2.24) is 19.5 Å². The van der Waals surface area contributed by atoms with Gasteiger partial charge in [0.1, 0.15) is 18.9 Å². The molecule has 3 N–H and O–H groups in total. The number of aliphatic hydroxyl groups is 2. The van der Waals surface area contributed by atoms with E-state index < -0.39 is 60.7 Å². The molecule has 15 heteroatoms. The molecule has 2 aliphatic rings. The number of imidazole rings is 1. The maximum Gasteiger partial charge on any atom is 0.303 e. The lowest BCUT2D eigenvalue weighted by atomic mass is 9.77. The molecule has 0 saturated carbocycles. The van der Waals surface area contributed by atoms with Crippen LogP contribution in [0.15, 0.2) is 67.5 Å². The zero-order valence-electron chi connectivity index (χ0n) is 28.6. The first-order chi connectivity index (χ1) is 25.1. The highest BCUT2D eigenvalue weighted by Gasteiger charge is 2.50. The number of carbonyl (C=O) groups excluding carboxylic acids is 3. The molecule has 0 radical (unpaired) electrons. The number of anilines is 1. The molecule has 1 aliphatic carbocycles. The highest BCUT2D eigenvalue weighted by Crippen LogP contribution is 2.48. The van der Waals surface area contributed by atoms with Crippen LogP contribution in [0.5, 0.6) is 5.88 Å². The number of hydrogen-bond acceptors (Lipinski definition) is 14. The van der Waals surface area contributed by atoms with Crippen LogP contribution in [0.1, 0.15) is 56.7 Å². The lowest BCUT2D eigenvalue weighted by Gasteiger charge is -2.42. The van der Waals surface area contributed by atoms with E-state index in [0.717, 1.165) is 21.5 Å². The Kier molecular flexibility index (Phi) is 9.48. The SMILES string of the molecule is C=CCOc1nc(N[C@H]2c3c(ccc4ccc5ccccc5c34)[C@H](OC(C)=O)[C@@H](OC(C)=O)[C@@H]2OC(C)=O)nc2c1ncn2[C@H]1C[C@H](O)[C@@H](CO)O1. The smallest absolute Gasteiger partial charge is 0.303 e. The lowest BCUT2D eigenvalue weighted by molar-refractivity contribution is -0.187. The van der Waals surface area contributed by atoms with Gasteiger partial charge in [-0.05, 0) is 27.1 Å². The molecule has 270 valence electrons. The topological polar surface area (TPSA) is 193 Å². The molecular formula is C37H37N5O10. The van der Waals surface area contributed by atoms with E-state index in [0.29, 0.717) is 16.6 Å². The molecule has 52 heavy (non-hydrogen) atoms. The van der Waals surface area contributed by atoms with Crippen LogP contribution in [-0.2, 0) is 33.3 Å². The van der Waals surface area contributed by atoms with Gasteiger partial charge in [-0.3, -0.25) is 19.0 Å². The van der Waals surface area contributed by atoms with Crippen molar-refractivity contribution < 1.29 is 48.3 Å².